The lowest BCUT2D eigenvalue weighted by Gasteiger charge is -2.41. The van der Waals surface area contributed by atoms with Crippen LogP contribution in [0, 0.1) is 29.6 Å². The average molecular weight is 305 g/mol. The van der Waals surface area contributed by atoms with Gasteiger partial charge in [0.25, 0.3) is 0 Å². The molecule has 1 heteroatoms. The van der Waals surface area contributed by atoms with Crippen molar-refractivity contribution in [2.75, 3.05) is 0 Å². The predicted molar refractivity (Wildman–Crippen MR) is 93.7 cm³/mol. The molecule has 3 aliphatic carbocycles. The van der Waals surface area contributed by atoms with E-state index in [4.69, 9.17) is 0 Å². The summed E-state index contributed by atoms with van der Waals surface area (Å²) in [4.78, 5) is 0. The minimum absolute atomic E-state index is 0.0124. The van der Waals surface area contributed by atoms with Gasteiger partial charge in [-0.3, -0.25) is 0 Å². The zero-order chi connectivity index (χ0) is 15.4. The van der Waals surface area contributed by atoms with Gasteiger partial charge in [0, 0.05) is 0 Å². The van der Waals surface area contributed by atoms with E-state index in [2.05, 4.69) is 12.7 Å². The van der Waals surface area contributed by atoms with Crippen LogP contribution >= 0.6 is 0 Å². The number of hydrogen-bond donors (Lipinski definition) is 1. The Labute approximate surface area is 137 Å². The maximum absolute atomic E-state index is 9.69. The van der Waals surface area contributed by atoms with Crippen molar-refractivity contribution in [3.8, 4) is 0 Å². The van der Waals surface area contributed by atoms with Gasteiger partial charge in [0.15, 0.2) is 0 Å². The molecule has 0 heterocycles. The second kappa shape index (κ2) is 7.99. The van der Waals surface area contributed by atoms with Crippen LogP contribution in [0.1, 0.15) is 83.5 Å². The van der Waals surface area contributed by atoms with E-state index in [1.807, 2.05) is 0 Å². The van der Waals surface area contributed by atoms with Gasteiger partial charge >= 0.3 is 0 Å². The fourth-order valence-electron chi connectivity index (χ4n) is 5.79. The second-order valence-electron chi connectivity index (χ2n) is 8.55. The van der Waals surface area contributed by atoms with Crippen molar-refractivity contribution in [1.29, 1.82) is 0 Å². The van der Waals surface area contributed by atoms with Crippen molar-refractivity contribution in [3.63, 3.8) is 0 Å². The normalized spacial score (nSPS) is 43.7. The highest BCUT2D eigenvalue weighted by Gasteiger charge is 2.34. The molecule has 0 aromatic rings. The fourth-order valence-corrected chi connectivity index (χ4v) is 5.79. The molecule has 0 amide bonds. The highest BCUT2D eigenvalue weighted by molar-refractivity contribution is 4.86. The molecule has 0 saturated heterocycles. The van der Waals surface area contributed by atoms with Crippen LogP contribution in [-0.2, 0) is 0 Å². The molecule has 3 fully saturated rings. The van der Waals surface area contributed by atoms with Gasteiger partial charge < -0.3 is 5.11 Å². The van der Waals surface area contributed by atoms with E-state index < -0.39 is 0 Å². The van der Waals surface area contributed by atoms with Crippen molar-refractivity contribution < 1.29 is 5.11 Å². The predicted octanol–water partition coefficient (Wildman–Crippen LogP) is 5.73. The Bertz CT molecular complexity index is 326. The smallest absolute Gasteiger partial charge is 0.0540 e. The highest BCUT2D eigenvalue weighted by Crippen LogP contribution is 2.45. The van der Waals surface area contributed by atoms with E-state index in [9.17, 15) is 5.11 Å². The number of aliphatic hydroxyl groups is 1. The average Bonchev–Trinajstić information content (AvgIpc) is 2.57. The molecule has 0 aromatic heterocycles. The Morgan fingerprint density at radius 1 is 0.636 bits per heavy atom. The third-order valence-corrected chi connectivity index (χ3v) is 7.28. The summed E-state index contributed by atoms with van der Waals surface area (Å²) < 4.78 is 0. The van der Waals surface area contributed by atoms with Crippen LogP contribution in [0.15, 0.2) is 12.7 Å². The first-order valence-electron chi connectivity index (χ1n) is 10.0. The molecular formula is C21H36O. The molecule has 126 valence electrons. The molecule has 0 bridgehead atoms. The quantitative estimate of drug-likeness (QED) is 0.658. The lowest BCUT2D eigenvalue weighted by Crippen LogP contribution is -2.30. The maximum Gasteiger partial charge on any atom is 0.0540 e. The first kappa shape index (κ1) is 16.6. The lowest BCUT2D eigenvalue weighted by molar-refractivity contribution is 0.0669. The van der Waals surface area contributed by atoms with E-state index in [-0.39, 0.29) is 6.10 Å². The maximum atomic E-state index is 9.69. The lowest BCUT2D eigenvalue weighted by atomic mass is 9.65. The van der Waals surface area contributed by atoms with E-state index in [1.54, 1.807) is 0 Å². The van der Waals surface area contributed by atoms with Crippen LogP contribution < -0.4 is 0 Å². The van der Waals surface area contributed by atoms with E-state index >= 15 is 0 Å². The van der Waals surface area contributed by atoms with Crippen LogP contribution in [0.5, 0.6) is 0 Å². The Hall–Kier alpha value is -0.300. The Morgan fingerprint density at radius 2 is 1.00 bits per heavy atom. The molecule has 0 unspecified atom stereocenters. The molecule has 0 atom stereocenters. The SMILES string of the molecule is C=CC[C@H]1CC[C@H](C2CCC(C3CCC(O)CC3)CC2)CC1. The Kier molecular flexibility index (Phi) is 6.02. The minimum atomic E-state index is 0.0124. The molecule has 3 saturated carbocycles. The standard InChI is InChI=1S/C21H36O/c1-2-3-16-4-6-17(7-5-16)18-8-10-19(11-9-18)20-12-14-21(22)15-13-20/h2,16-22H,1,3-15H2/t16-,17-,18?,19?,20?,21?. The highest BCUT2D eigenvalue weighted by atomic mass is 16.3. The molecule has 3 aliphatic rings. The van der Waals surface area contributed by atoms with E-state index in [0.29, 0.717) is 0 Å². The van der Waals surface area contributed by atoms with Gasteiger partial charge in [0.2, 0.25) is 0 Å². The first-order valence-corrected chi connectivity index (χ1v) is 10.0. The Balaban J connectivity index is 1.39. The van der Waals surface area contributed by atoms with Gasteiger partial charge in [-0.15, -0.1) is 6.58 Å². The van der Waals surface area contributed by atoms with Gasteiger partial charge in [-0.05, 0) is 113 Å². The monoisotopic (exact) mass is 304 g/mol. The molecule has 3 rings (SSSR count). The van der Waals surface area contributed by atoms with Gasteiger partial charge in [0.1, 0.15) is 0 Å². The van der Waals surface area contributed by atoms with Gasteiger partial charge in [0.05, 0.1) is 6.10 Å². The molecule has 0 aromatic carbocycles. The summed E-state index contributed by atoms with van der Waals surface area (Å²) in [5.41, 5.74) is 0. The van der Waals surface area contributed by atoms with Crippen molar-refractivity contribution in [2.45, 2.75) is 89.6 Å². The second-order valence-corrected chi connectivity index (χ2v) is 8.55. The van der Waals surface area contributed by atoms with Crippen molar-refractivity contribution in [2.24, 2.45) is 29.6 Å². The van der Waals surface area contributed by atoms with E-state index in [1.165, 1.54) is 70.6 Å². The molecule has 22 heavy (non-hydrogen) atoms. The summed E-state index contributed by atoms with van der Waals surface area (Å²) in [7, 11) is 0. The van der Waals surface area contributed by atoms with Crippen LogP contribution in [-0.4, -0.2) is 11.2 Å². The van der Waals surface area contributed by atoms with Crippen molar-refractivity contribution in [1.82, 2.24) is 0 Å². The molecule has 1 nitrogen and oxygen atoms in total. The van der Waals surface area contributed by atoms with Gasteiger partial charge in [-0.1, -0.05) is 6.08 Å². The third kappa shape index (κ3) is 4.16. The number of hydrogen-bond acceptors (Lipinski definition) is 1. The number of rotatable bonds is 4. The summed E-state index contributed by atoms with van der Waals surface area (Å²) in [5.74, 6) is 4.94. The van der Waals surface area contributed by atoms with Gasteiger partial charge in [-0.2, -0.15) is 0 Å². The zero-order valence-electron chi connectivity index (χ0n) is 14.4. The zero-order valence-corrected chi connectivity index (χ0v) is 14.4. The molecule has 1 N–H and O–H groups in total. The molecular weight excluding hydrogens is 268 g/mol. The van der Waals surface area contributed by atoms with Crippen LogP contribution in [0.25, 0.3) is 0 Å². The molecule has 0 spiro atoms. The third-order valence-electron chi connectivity index (χ3n) is 7.28. The number of allylic oxidation sites excluding steroid dienone is 1. The summed E-state index contributed by atoms with van der Waals surface area (Å²) in [5, 5.41) is 9.69. The first-order chi connectivity index (χ1) is 10.8. The van der Waals surface area contributed by atoms with Crippen LogP contribution in [0.4, 0.5) is 0 Å². The molecule has 0 aliphatic heterocycles. The van der Waals surface area contributed by atoms with Crippen molar-refractivity contribution in [3.05, 3.63) is 12.7 Å². The summed E-state index contributed by atoms with van der Waals surface area (Å²) >= 11 is 0. The number of aliphatic hydroxyl groups excluding tert-OH is 1. The topological polar surface area (TPSA) is 20.2 Å². The fraction of sp³-hybridized carbons (Fsp3) is 0.905. The summed E-state index contributed by atoms with van der Waals surface area (Å²) in [6.45, 7) is 3.91. The van der Waals surface area contributed by atoms with Crippen LogP contribution in [0.3, 0.4) is 0 Å². The minimum Gasteiger partial charge on any atom is -0.393 e. The summed E-state index contributed by atoms with van der Waals surface area (Å²) in [6.07, 6.45) is 20.0. The summed E-state index contributed by atoms with van der Waals surface area (Å²) in [6, 6.07) is 0. The van der Waals surface area contributed by atoms with Crippen molar-refractivity contribution >= 4 is 0 Å². The molecule has 0 radical (unpaired) electrons. The van der Waals surface area contributed by atoms with Gasteiger partial charge in [-0.25, -0.2) is 0 Å². The van der Waals surface area contributed by atoms with Crippen LogP contribution in [0.2, 0.25) is 0 Å². The largest absolute Gasteiger partial charge is 0.393 e. The Morgan fingerprint density at radius 3 is 1.41 bits per heavy atom. The van der Waals surface area contributed by atoms with E-state index in [0.717, 1.165) is 42.4 Å².